The topological polar surface area (TPSA) is 110 Å². The summed E-state index contributed by atoms with van der Waals surface area (Å²) in [6.07, 6.45) is -5.82. The Hall–Kier alpha value is -4.02. The number of alkyl halides is 3. The molecule has 0 aliphatic heterocycles. The van der Waals surface area contributed by atoms with Crippen LogP contribution in [-0.4, -0.2) is 35.8 Å². The summed E-state index contributed by atoms with van der Waals surface area (Å²) in [6.45, 7) is 5.58. The molecule has 1 aromatic heterocycles. The lowest BCUT2D eigenvalue weighted by atomic mass is 10.1. The molecule has 0 aliphatic carbocycles. The summed E-state index contributed by atoms with van der Waals surface area (Å²) in [4.78, 5) is 28.0. The van der Waals surface area contributed by atoms with Crippen LogP contribution in [0.2, 0.25) is 0 Å². The molecule has 3 aromatic rings. The number of pyridine rings is 1. The predicted molar refractivity (Wildman–Crippen MR) is 120 cm³/mol. The zero-order valence-electron chi connectivity index (χ0n) is 19.1. The first-order valence-electron chi connectivity index (χ1n) is 10.6. The summed E-state index contributed by atoms with van der Waals surface area (Å²) < 4.78 is 59.2. The predicted octanol–water partition coefficient (Wildman–Crippen LogP) is 4.76. The van der Waals surface area contributed by atoms with Gasteiger partial charge in [0.05, 0.1) is 12.7 Å². The largest absolute Gasteiger partial charge is 0.491 e. The lowest BCUT2D eigenvalue weighted by molar-refractivity contribution is -0.204. The Bertz CT molecular complexity index is 1230. The van der Waals surface area contributed by atoms with E-state index >= 15 is 0 Å². The van der Waals surface area contributed by atoms with Crippen LogP contribution in [0, 0.1) is 0 Å². The summed E-state index contributed by atoms with van der Waals surface area (Å²) in [6, 6.07) is 10.5. The lowest BCUT2D eigenvalue weighted by Gasteiger charge is -2.21. The first-order valence-corrected chi connectivity index (χ1v) is 10.6. The van der Waals surface area contributed by atoms with E-state index in [1.165, 1.54) is 36.5 Å². The van der Waals surface area contributed by atoms with Gasteiger partial charge in [-0.15, -0.1) is 0 Å². The van der Waals surface area contributed by atoms with Crippen LogP contribution < -0.4 is 19.9 Å². The van der Waals surface area contributed by atoms with Crippen LogP contribution in [0.3, 0.4) is 0 Å². The Balaban J connectivity index is 2.02. The SMILES string of the molecule is CCOc1cc(C(Oc2ccc3c(N)nccc3c2)C(=O)OC(=O)C(F)(F)F)ccc1OC(C)C. The van der Waals surface area contributed by atoms with Crippen LogP contribution in [0.25, 0.3) is 10.8 Å². The van der Waals surface area contributed by atoms with Crippen LogP contribution in [0.1, 0.15) is 32.4 Å². The highest BCUT2D eigenvalue weighted by Gasteiger charge is 2.44. The number of nitrogens with zero attached hydrogens (tertiary/aromatic N) is 1. The second-order valence-electron chi connectivity index (χ2n) is 7.59. The normalized spacial score (nSPS) is 12.3. The number of esters is 2. The molecule has 1 atom stereocenters. The van der Waals surface area contributed by atoms with E-state index in [1.54, 1.807) is 32.9 Å². The fraction of sp³-hybridized carbons (Fsp3) is 0.292. The van der Waals surface area contributed by atoms with E-state index < -0.39 is 24.2 Å². The number of benzene rings is 2. The maximum atomic E-state index is 12.7. The number of hydrogen-bond donors (Lipinski definition) is 1. The van der Waals surface area contributed by atoms with Crippen molar-refractivity contribution in [2.24, 2.45) is 0 Å². The van der Waals surface area contributed by atoms with Gasteiger partial charge in [-0.25, -0.2) is 14.6 Å². The molecule has 0 aliphatic rings. The Kier molecular flexibility index (Phi) is 7.68. The molecule has 11 heteroatoms. The van der Waals surface area contributed by atoms with Crippen LogP contribution in [0.15, 0.2) is 48.7 Å². The maximum absolute atomic E-state index is 12.7. The van der Waals surface area contributed by atoms with Crippen LogP contribution in [-0.2, 0) is 14.3 Å². The van der Waals surface area contributed by atoms with E-state index in [1.807, 2.05) is 0 Å². The third kappa shape index (κ3) is 6.31. The van der Waals surface area contributed by atoms with Gasteiger partial charge in [-0.3, -0.25) is 0 Å². The molecule has 186 valence electrons. The van der Waals surface area contributed by atoms with Crippen molar-refractivity contribution in [1.82, 2.24) is 4.98 Å². The number of fused-ring (bicyclic) bond motifs is 1. The first-order chi connectivity index (χ1) is 16.5. The van der Waals surface area contributed by atoms with Gasteiger partial charge < -0.3 is 24.7 Å². The van der Waals surface area contributed by atoms with Crippen LogP contribution in [0.4, 0.5) is 19.0 Å². The zero-order valence-corrected chi connectivity index (χ0v) is 19.1. The van der Waals surface area contributed by atoms with Gasteiger partial charge in [0, 0.05) is 17.1 Å². The Morgan fingerprint density at radius 3 is 2.43 bits per heavy atom. The highest BCUT2D eigenvalue weighted by Crippen LogP contribution is 2.35. The van der Waals surface area contributed by atoms with E-state index in [4.69, 9.17) is 19.9 Å². The standard InChI is InChI=1S/C24H23F3N2O6/c1-4-32-19-12-15(5-8-18(19)33-13(2)3)20(22(30)35-23(31)24(25,26)27)34-16-6-7-17-14(11-16)9-10-29-21(17)28/h5-13,20H,4H2,1-3H3,(H2,28,29). The summed E-state index contributed by atoms with van der Waals surface area (Å²) >= 11 is 0. The summed E-state index contributed by atoms with van der Waals surface area (Å²) in [5.74, 6) is -3.23. The van der Waals surface area contributed by atoms with E-state index in [0.29, 0.717) is 16.5 Å². The van der Waals surface area contributed by atoms with Crippen molar-refractivity contribution in [1.29, 1.82) is 0 Å². The molecular weight excluding hydrogens is 469 g/mol. The smallest absolute Gasteiger partial charge is 0.490 e. The number of halogens is 3. The van der Waals surface area contributed by atoms with Gasteiger partial charge >= 0.3 is 18.1 Å². The molecule has 8 nitrogen and oxygen atoms in total. The molecule has 1 unspecified atom stereocenters. The third-order valence-corrected chi connectivity index (χ3v) is 4.59. The number of rotatable bonds is 8. The highest BCUT2D eigenvalue weighted by molar-refractivity contribution is 5.93. The van der Waals surface area contributed by atoms with Gasteiger partial charge in [0.25, 0.3) is 0 Å². The van der Waals surface area contributed by atoms with Crippen molar-refractivity contribution in [3.05, 3.63) is 54.2 Å². The molecule has 0 bridgehead atoms. The van der Waals surface area contributed by atoms with Crippen molar-refractivity contribution in [2.45, 2.75) is 39.2 Å². The molecule has 1 heterocycles. The number of aromatic nitrogens is 1. The van der Waals surface area contributed by atoms with E-state index in [0.717, 1.165) is 0 Å². The van der Waals surface area contributed by atoms with Crippen molar-refractivity contribution in [3.8, 4) is 17.2 Å². The molecule has 0 saturated heterocycles. The minimum atomic E-state index is -5.36. The van der Waals surface area contributed by atoms with Gasteiger partial charge in [-0.05, 0) is 62.6 Å². The Morgan fingerprint density at radius 1 is 1.03 bits per heavy atom. The van der Waals surface area contributed by atoms with Crippen LogP contribution >= 0.6 is 0 Å². The van der Waals surface area contributed by atoms with Crippen molar-refractivity contribution in [2.75, 3.05) is 12.3 Å². The average molecular weight is 492 g/mol. The Morgan fingerprint density at radius 2 is 1.77 bits per heavy atom. The summed E-state index contributed by atoms with van der Waals surface area (Å²) in [7, 11) is 0. The van der Waals surface area contributed by atoms with E-state index in [-0.39, 0.29) is 35.6 Å². The molecule has 2 N–H and O–H groups in total. The van der Waals surface area contributed by atoms with Crippen molar-refractivity contribution < 1.29 is 41.7 Å². The Labute approximate surface area is 198 Å². The second kappa shape index (κ2) is 10.5. The summed E-state index contributed by atoms with van der Waals surface area (Å²) in [5.41, 5.74) is 5.92. The monoisotopic (exact) mass is 492 g/mol. The molecule has 0 saturated carbocycles. The number of anilines is 1. The maximum Gasteiger partial charge on any atom is 0.491 e. The minimum Gasteiger partial charge on any atom is -0.490 e. The third-order valence-electron chi connectivity index (χ3n) is 4.59. The number of hydrogen-bond acceptors (Lipinski definition) is 8. The molecule has 0 fully saturated rings. The van der Waals surface area contributed by atoms with Gasteiger partial charge in [0.1, 0.15) is 11.6 Å². The van der Waals surface area contributed by atoms with Gasteiger partial charge in [0.2, 0.25) is 6.10 Å². The fourth-order valence-corrected chi connectivity index (χ4v) is 3.15. The van der Waals surface area contributed by atoms with Gasteiger partial charge in [-0.1, -0.05) is 6.07 Å². The van der Waals surface area contributed by atoms with Crippen molar-refractivity contribution in [3.63, 3.8) is 0 Å². The molecule has 2 aromatic carbocycles. The molecular formula is C24H23F3N2O6. The number of nitrogen functional groups attached to an aromatic ring is 1. The molecule has 0 amide bonds. The highest BCUT2D eigenvalue weighted by atomic mass is 19.4. The molecule has 3 rings (SSSR count). The molecule has 0 spiro atoms. The molecule has 35 heavy (non-hydrogen) atoms. The van der Waals surface area contributed by atoms with Gasteiger partial charge in [-0.2, -0.15) is 13.2 Å². The number of ether oxygens (including phenoxy) is 4. The summed E-state index contributed by atoms with van der Waals surface area (Å²) in [5, 5.41) is 1.23. The number of nitrogens with two attached hydrogens (primary N) is 1. The van der Waals surface area contributed by atoms with Crippen molar-refractivity contribution >= 4 is 28.5 Å². The number of carbonyl (C=O) groups excluding carboxylic acids is 2. The lowest BCUT2D eigenvalue weighted by Crippen LogP contribution is -2.32. The second-order valence-corrected chi connectivity index (χ2v) is 7.59. The minimum absolute atomic E-state index is 0.0823. The van der Waals surface area contributed by atoms with E-state index in [2.05, 4.69) is 9.72 Å². The quantitative estimate of drug-likeness (QED) is 0.354. The number of carbonyl (C=O) groups is 2. The zero-order chi connectivity index (χ0) is 25.8. The first kappa shape index (κ1) is 25.6. The fourth-order valence-electron chi connectivity index (χ4n) is 3.15. The van der Waals surface area contributed by atoms with Gasteiger partial charge in [0.15, 0.2) is 11.5 Å². The van der Waals surface area contributed by atoms with E-state index in [9.17, 15) is 22.8 Å². The van der Waals surface area contributed by atoms with Crippen LogP contribution in [0.5, 0.6) is 17.2 Å². The average Bonchev–Trinajstić information content (AvgIpc) is 2.78. The molecule has 0 radical (unpaired) electrons.